The second-order valence-corrected chi connectivity index (χ2v) is 6.19. The van der Waals surface area contributed by atoms with Crippen LogP contribution >= 0.6 is 0 Å². The monoisotopic (exact) mass is 210 g/mol. The predicted octanol–water partition coefficient (Wildman–Crippen LogP) is 2.23. The van der Waals surface area contributed by atoms with Crippen molar-refractivity contribution in [1.29, 1.82) is 0 Å². The fraction of sp³-hybridized carbons (Fsp3) is 1.00. The second-order valence-electron chi connectivity index (χ2n) is 6.19. The van der Waals surface area contributed by atoms with Crippen LogP contribution in [0.2, 0.25) is 0 Å². The van der Waals surface area contributed by atoms with Crippen LogP contribution in [-0.4, -0.2) is 29.6 Å². The average molecular weight is 210 g/mol. The Bertz CT molecular complexity index is 225. The first-order valence-corrected chi connectivity index (χ1v) is 6.52. The molecule has 2 fully saturated rings. The van der Waals surface area contributed by atoms with Crippen molar-refractivity contribution in [1.82, 2.24) is 4.90 Å². The minimum atomic E-state index is 0.269. The van der Waals surface area contributed by atoms with Gasteiger partial charge in [-0.1, -0.05) is 19.8 Å². The van der Waals surface area contributed by atoms with Gasteiger partial charge in [0, 0.05) is 24.7 Å². The summed E-state index contributed by atoms with van der Waals surface area (Å²) in [5.74, 6) is 1.83. The second kappa shape index (κ2) is 4.06. The van der Waals surface area contributed by atoms with Gasteiger partial charge in [-0.15, -0.1) is 0 Å². The zero-order chi connectivity index (χ0) is 11.1. The van der Waals surface area contributed by atoms with Gasteiger partial charge in [-0.25, -0.2) is 0 Å². The van der Waals surface area contributed by atoms with Crippen LogP contribution in [-0.2, 0) is 0 Å². The van der Waals surface area contributed by atoms with Crippen LogP contribution in [0.5, 0.6) is 0 Å². The Morgan fingerprint density at radius 2 is 2.00 bits per heavy atom. The fourth-order valence-electron chi connectivity index (χ4n) is 3.31. The SMILES string of the molecule is CC1CC(C)N(C(C)(CN)CC2CC2)C1. The molecule has 1 heterocycles. The maximum Gasteiger partial charge on any atom is 0.0309 e. The highest BCUT2D eigenvalue weighted by molar-refractivity contribution is 4.98. The molecule has 0 bridgehead atoms. The molecule has 1 saturated heterocycles. The van der Waals surface area contributed by atoms with E-state index in [9.17, 15) is 0 Å². The van der Waals surface area contributed by atoms with Crippen molar-refractivity contribution in [3.05, 3.63) is 0 Å². The lowest BCUT2D eigenvalue weighted by molar-refractivity contribution is 0.0871. The molecule has 1 saturated carbocycles. The fourth-order valence-corrected chi connectivity index (χ4v) is 3.31. The number of likely N-dealkylation sites (tertiary alicyclic amines) is 1. The molecule has 0 aromatic carbocycles. The van der Waals surface area contributed by atoms with E-state index in [0.29, 0.717) is 0 Å². The standard InChI is InChI=1S/C13H26N2/c1-10-6-11(2)15(8-10)13(3,9-14)7-12-4-5-12/h10-12H,4-9,14H2,1-3H3. The zero-order valence-electron chi connectivity index (χ0n) is 10.5. The van der Waals surface area contributed by atoms with E-state index < -0.39 is 0 Å². The molecule has 88 valence electrons. The zero-order valence-corrected chi connectivity index (χ0v) is 10.5. The van der Waals surface area contributed by atoms with Crippen LogP contribution in [0, 0.1) is 11.8 Å². The average Bonchev–Trinajstić information content (AvgIpc) is 2.91. The van der Waals surface area contributed by atoms with Crippen LogP contribution in [0.4, 0.5) is 0 Å². The van der Waals surface area contributed by atoms with Gasteiger partial charge in [0.2, 0.25) is 0 Å². The summed E-state index contributed by atoms with van der Waals surface area (Å²) in [6, 6.07) is 0.729. The molecule has 1 aliphatic heterocycles. The Morgan fingerprint density at radius 3 is 2.40 bits per heavy atom. The molecule has 2 N–H and O–H groups in total. The summed E-state index contributed by atoms with van der Waals surface area (Å²) in [6.07, 6.45) is 5.54. The van der Waals surface area contributed by atoms with E-state index in [1.165, 1.54) is 32.2 Å². The molecule has 1 aliphatic carbocycles. The van der Waals surface area contributed by atoms with Gasteiger partial charge in [-0.2, -0.15) is 0 Å². The van der Waals surface area contributed by atoms with Gasteiger partial charge < -0.3 is 5.73 Å². The van der Waals surface area contributed by atoms with Crippen LogP contribution in [0.3, 0.4) is 0 Å². The quantitative estimate of drug-likeness (QED) is 0.771. The molecule has 3 unspecified atom stereocenters. The third-order valence-corrected chi connectivity index (χ3v) is 4.34. The number of nitrogens with zero attached hydrogens (tertiary/aromatic N) is 1. The summed E-state index contributed by atoms with van der Waals surface area (Å²) in [5.41, 5.74) is 6.30. The maximum absolute atomic E-state index is 6.03. The Hall–Kier alpha value is -0.0800. The van der Waals surface area contributed by atoms with Crippen molar-refractivity contribution >= 4 is 0 Å². The Labute approximate surface area is 94.2 Å². The van der Waals surface area contributed by atoms with Crippen LogP contribution in [0.1, 0.15) is 46.5 Å². The molecule has 15 heavy (non-hydrogen) atoms. The third kappa shape index (κ3) is 2.36. The molecule has 0 spiro atoms. The molecule has 2 aliphatic rings. The van der Waals surface area contributed by atoms with Gasteiger partial charge in [-0.3, -0.25) is 4.90 Å². The van der Waals surface area contributed by atoms with Crippen LogP contribution < -0.4 is 5.73 Å². The van der Waals surface area contributed by atoms with E-state index in [1.807, 2.05) is 0 Å². The maximum atomic E-state index is 6.03. The topological polar surface area (TPSA) is 29.3 Å². The lowest BCUT2D eigenvalue weighted by Gasteiger charge is -2.41. The highest BCUT2D eigenvalue weighted by Gasteiger charge is 2.42. The van der Waals surface area contributed by atoms with Gasteiger partial charge >= 0.3 is 0 Å². The van der Waals surface area contributed by atoms with Crippen molar-refractivity contribution in [3.63, 3.8) is 0 Å². The summed E-state index contributed by atoms with van der Waals surface area (Å²) >= 11 is 0. The largest absolute Gasteiger partial charge is 0.329 e. The minimum Gasteiger partial charge on any atom is -0.329 e. The van der Waals surface area contributed by atoms with Crippen molar-refractivity contribution in [2.75, 3.05) is 13.1 Å². The van der Waals surface area contributed by atoms with E-state index in [-0.39, 0.29) is 5.54 Å². The summed E-state index contributed by atoms with van der Waals surface area (Å²) in [4.78, 5) is 2.68. The van der Waals surface area contributed by atoms with E-state index in [4.69, 9.17) is 5.73 Å². The van der Waals surface area contributed by atoms with Crippen molar-refractivity contribution in [2.24, 2.45) is 17.6 Å². The van der Waals surface area contributed by atoms with Gasteiger partial charge in [0.1, 0.15) is 0 Å². The summed E-state index contributed by atoms with van der Waals surface area (Å²) in [5, 5.41) is 0. The van der Waals surface area contributed by atoms with Gasteiger partial charge in [0.15, 0.2) is 0 Å². The highest BCUT2D eigenvalue weighted by atomic mass is 15.2. The van der Waals surface area contributed by atoms with Crippen molar-refractivity contribution < 1.29 is 0 Å². The smallest absolute Gasteiger partial charge is 0.0309 e. The van der Waals surface area contributed by atoms with E-state index in [1.54, 1.807) is 0 Å². The van der Waals surface area contributed by atoms with E-state index >= 15 is 0 Å². The number of nitrogens with two attached hydrogens (primary N) is 1. The molecular weight excluding hydrogens is 184 g/mol. The van der Waals surface area contributed by atoms with Crippen LogP contribution in [0.25, 0.3) is 0 Å². The Kier molecular flexibility index (Phi) is 3.09. The number of hydrogen-bond donors (Lipinski definition) is 1. The number of rotatable bonds is 4. The molecule has 0 aromatic rings. The summed E-state index contributed by atoms with van der Waals surface area (Å²) in [6.45, 7) is 9.18. The van der Waals surface area contributed by atoms with E-state index in [0.717, 1.165) is 24.4 Å². The predicted molar refractivity (Wildman–Crippen MR) is 64.7 cm³/mol. The molecule has 3 atom stereocenters. The molecule has 2 heteroatoms. The summed E-state index contributed by atoms with van der Waals surface area (Å²) in [7, 11) is 0. The van der Waals surface area contributed by atoms with Crippen molar-refractivity contribution in [2.45, 2.75) is 58.0 Å². The molecular formula is C13H26N2. The highest BCUT2D eigenvalue weighted by Crippen LogP contribution is 2.41. The summed E-state index contributed by atoms with van der Waals surface area (Å²) < 4.78 is 0. The molecule has 0 amide bonds. The normalized spacial score (nSPS) is 36.8. The lowest BCUT2D eigenvalue weighted by Crippen LogP contribution is -2.53. The first kappa shape index (κ1) is 11.4. The third-order valence-electron chi connectivity index (χ3n) is 4.34. The number of hydrogen-bond acceptors (Lipinski definition) is 2. The Morgan fingerprint density at radius 1 is 1.33 bits per heavy atom. The van der Waals surface area contributed by atoms with Crippen molar-refractivity contribution in [3.8, 4) is 0 Å². The molecule has 0 aromatic heterocycles. The minimum absolute atomic E-state index is 0.269. The van der Waals surface area contributed by atoms with Crippen LogP contribution in [0.15, 0.2) is 0 Å². The van der Waals surface area contributed by atoms with Gasteiger partial charge in [0.25, 0.3) is 0 Å². The molecule has 2 nitrogen and oxygen atoms in total. The first-order valence-electron chi connectivity index (χ1n) is 6.52. The van der Waals surface area contributed by atoms with Gasteiger partial charge in [0.05, 0.1) is 0 Å². The van der Waals surface area contributed by atoms with Gasteiger partial charge in [-0.05, 0) is 38.5 Å². The lowest BCUT2D eigenvalue weighted by atomic mass is 9.92. The first-order chi connectivity index (χ1) is 7.05. The van der Waals surface area contributed by atoms with E-state index in [2.05, 4.69) is 25.7 Å². The molecule has 2 rings (SSSR count). The Balaban J connectivity index is 2.03. The molecule has 0 radical (unpaired) electrons.